The summed E-state index contributed by atoms with van der Waals surface area (Å²) in [6.07, 6.45) is 9.79. The van der Waals surface area contributed by atoms with Gasteiger partial charge in [-0.3, -0.25) is 4.90 Å². The van der Waals surface area contributed by atoms with Gasteiger partial charge in [-0.15, -0.1) is 0 Å². The highest BCUT2D eigenvalue weighted by molar-refractivity contribution is 4.93. The standard InChI is InChI=1S/C17H34N2/c1-5-6-14-7-8-15(18-4)16(13-14)19-11-9-17(2,3)10-12-19/h14-16,18H,5-13H2,1-4H3. The predicted molar refractivity (Wildman–Crippen MR) is 83.5 cm³/mol. The quantitative estimate of drug-likeness (QED) is 0.835. The van der Waals surface area contributed by atoms with E-state index in [1.165, 1.54) is 58.0 Å². The minimum absolute atomic E-state index is 0.573. The van der Waals surface area contributed by atoms with E-state index in [-0.39, 0.29) is 0 Å². The lowest BCUT2D eigenvalue weighted by Crippen LogP contribution is -2.55. The third-order valence-electron chi connectivity index (χ3n) is 5.61. The molecule has 0 amide bonds. The largest absolute Gasteiger partial charge is 0.315 e. The van der Waals surface area contributed by atoms with E-state index >= 15 is 0 Å². The van der Waals surface area contributed by atoms with Crippen molar-refractivity contribution in [2.24, 2.45) is 11.3 Å². The summed E-state index contributed by atoms with van der Waals surface area (Å²) in [5.41, 5.74) is 0.573. The minimum Gasteiger partial charge on any atom is -0.315 e. The number of nitrogens with zero attached hydrogens (tertiary/aromatic N) is 1. The zero-order valence-electron chi connectivity index (χ0n) is 13.5. The zero-order valence-corrected chi connectivity index (χ0v) is 13.5. The Hall–Kier alpha value is -0.0800. The van der Waals surface area contributed by atoms with Gasteiger partial charge in [0.2, 0.25) is 0 Å². The maximum Gasteiger partial charge on any atom is 0.0251 e. The van der Waals surface area contributed by atoms with E-state index in [1.807, 2.05) is 0 Å². The molecule has 19 heavy (non-hydrogen) atoms. The topological polar surface area (TPSA) is 15.3 Å². The molecule has 0 bridgehead atoms. The third-order valence-corrected chi connectivity index (χ3v) is 5.61. The maximum absolute atomic E-state index is 3.59. The first kappa shape index (κ1) is 15.3. The van der Waals surface area contributed by atoms with Crippen molar-refractivity contribution in [3.8, 4) is 0 Å². The van der Waals surface area contributed by atoms with Gasteiger partial charge in [0.25, 0.3) is 0 Å². The lowest BCUT2D eigenvalue weighted by Gasteiger charge is -2.47. The number of likely N-dealkylation sites (tertiary alicyclic amines) is 1. The Kier molecular flexibility index (Phi) is 5.30. The normalized spacial score (nSPS) is 36.3. The van der Waals surface area contributed by atoms with Crippen molar-refractivity contribution in [2.75, 3.05) is 20.1 Å². The average Bonchev–Trinajstić information content (AvgIpc) is 2.39. The third kappa shape index (κ3) is 3.95. The molecule has 2 rings (SSSR count). The molecule has 0 aromatic rings. The number of hydrogen-bond acceptors (Lipinski definition) is 2. The predicted octanol–water partition coefficient (Wildman–Crippen LogP) is 3.67. The van der Waals surface area contributed by atoms with Crippen LogP contribution in [-0.4, -0.2) is 37.1 Å². The van der Waals surface area contributed by atoms with Crippen molar-refractivity contribution in [3.63, 3.8) is 0 Å². The lowest BCUT2D eigenvalue weighted by atomic mass is 9.77. The molecule has 2 fully saturated rings. The van der Waals surface area contributed by atoms with Gasteiger partial charge in [0.05, 0.1) is 0 Å². The summed E-state index contributed by atoms with van der Waals surface area (Å²) in [6.45, 7) is 9.83. The second-order valence-corrected chi connectivity index (χ2v) is 7.63. The average molecular weight is 266 g/mol. The van der Waals surface area contributed by atoms with Crippen LogP contribution in [0.2, 0.25) is 0 Å². The van der Waals surface area contributed by atoms with Crippen LogP contribution >= 0.6 is 0 Å². The van der Waals surface area contributed by atoms with Crippen molar-refractivity contribution in [3.05, 3.63) is 0 Å². The van der Waals surface area contributed by atoms with Crippen LogP contribution in [-0.2, 0) is 0 Å². The maximum atomic E-state index is 3.59. The van der Waals surface area contributed by atoms with Gasteiger partial charge in [-0.25, -0.2) is 0 Å². The summed E-state index contributed by atoms with van der Waals surface area (Å²) in [5.74, 6) is 0.981. The van der Waals surface area contributed by atoms with Gasteiger partial charge in [0.1, 0.15) is 0 Å². The fraction of sp³-hybridized carbons (Fsp3) is 1.00. The highest BCUT2D eigenvalue weighted by atomic mass is 15.2. The van der Waals surface area contributed by atoms with E-state index < -0.39 is 0 Å². The van der Waals surface area contributed by atoms with Crippen LogP contribution in [0.15, 0.2) is 0 Å². The van der Waals surface area contributed by atoms with Crippen molar-refractivity contribution < 1.29 is 0 Å². The molecule has 2 nitrogen and oxygen atoms in total. The molecule has 0 radical (unpaired) electrons. The Labute approximate surface area is 120 Å². The summed E-state index contributed by atoms with van der Waals surface area (Å²) in [6, 6.07) is 1.53. The molecule has 3 unspecified atom stereocenters. The Morgan fingerprint density at radius 2 is 1.84 bits per heavy atom. The Morgan fingerprint density at radius 3 is 2.42 bits per heavy atom. The highest BCUT2D eigenvalue weighted by Gasteiger charge is 2.36. The SMILES string of the molecule is CCCC1CCC(NC)C(N2CCC(C)(C)CC2)C1. The number of piperidine rings is 1. The number of rotatable bonds is 4. The van der Waals surface area contributed by atoms with Crippen molar-refractivity contribution >= 4 is 0 Å². The van der Waals surface area contributed by atoms with Crippen LogP contribution in [0.5, 0.6) is 0 Å². The fourth-order valence-electron chi connectivity index (χ4n) is 4.10. The summed E-state index contributed by atoms with van der Waals surface area (Å²) in [4.78, 5) is 2.80. The summed E-state index contributed by atoms with van der Waals surface area (Å²) in [7, 11) is 2.16. The lowest BCUT2D eigenvalue weighted by molar-refractivity contribution is 0.0451. The van der Waals surface area contributed by atoms with Gasteiger partial charge < -0.3 is 5.32 Å². The van der Waals surface area contributed by atoms with Crippen molar-refractivity contribution in [1.82, 2.24) is 10.2 Å². The molecule has 0 aromatic carbocycles. The highest BCUT2D eigenvalue weighted by Crippen LogP contribution is 2.36. The Balaban J connectivity index is 1.94. The van der Waals surface area contributed by atoms with Gasteiger partial charge in [-0.1, -0.05) is 33.6 Å². The van der Waals surface area contributed by atoms with Gasteiger partial charge in [0.15, 0.2) is 0 Å². The minimum atomic E-state index is 0.573. The summed E-state index contributed by atoms with van der Waals surface area (Å²) < 4.78 is 0. The van der Waals surface area contributed by atoms with Crippen LogP contribution in [0, 0.1) is 11.3 Å². The van der Waals surface area contributed by atoms with Gasteiger partial charge in [0, 0.05) is 12.1 Å². The molecule has 1 aliphatic carbocycles. The first-order valence-corrected chi connectivity index (χ1v) is 8.47. The molecule has 1 heterocycles. The monoisotopic (exact) mass is 266 g/mol. The van der Waals surface area contributed by atoms with Gasteiger partial charge >= 0.3 is 0 Å². The second kappa shape index (κ2) is 6.58. The van der Waals surface area contributed by atoms with E-state index in [1.54, 1.807) is 0 Å². The van der Waals surface area contributed by atoms with Crippen LogP contribution in [0.3, 0.4) is 0 Å². The first-order chi connectivity index (χ1) is 9.05. The molecule has 1 N–H and O–H groups in total. The number of hydrogen-bond donors (Lipinski definition) is 1. The molecular weight excluding hydrogens is 232 g/mol. The first-order valence-electron chi connectivity index (χ1n) is 8.47. The summed E-state index contributed by atoms with van der Waals surface area (Å²) in [5, 5.41) is 3.59. The van der Waals surface area contributed by atoms with E-state index in [0.717, 1.165) is 18.0 Å². The molecule has 2 heteroatoms. The van der Waals surface area contributed by atoms with Gasteiger partial charge in [-0.2, -0.15) is 0 Å². The van der Waals surface area contributed by atoms with Crippen molar-refractivity contribution in [1.29, 1.82) is 0 Å². The molecular formula is C17H34N2. The van der Waals surface area contributed by atoms with Crippen LogP contribution in [0.1, 0.15) is 65.7 Å². The molecule has 3 atom stereocenters. The molecule has 112 valence electrons. The van der Waals surface area contributed by atoms with Crippen molar-refractivity contribution in [2.45, 2.75) is 77.8 Å². The molecule has 0 spiro atoms. The molecule has 2 aliphatic rings. The van der Waals surface area contributed by atoms with Crippen LogP contribution in [0.25, 0.3) is 0 Å². The number of nitrogens with one attached hydrogen (secondary N) is 1. The Morgan fingerprint density at radius 1 is 1.16 bits per heavy atom. The Bertz CT molecular complexity index is 264. The number of likely N-dealkylation sites (N-methyl/N-ethyl adjacent to an activating group) is 1. The van der Waals surface area contributed by atoms with E-state index in [2.05, 4.69) is 38.0 Å². The van der Waals surface area contributed by atoms with E-state index in [9.17, 15) is 0 Å². The van der Waals surface area contributed by atoms with E-state index in [0.29, 0.717) is 5.41 Å². The molecule has 1 saturated heterocycles. The summed E-state index contributed by atoms with van der Waals surface area (Å²) >= 11 is 0. The second-order valence-electron chi connectivity index (χ2n) is 7.63. The smallest absolute Gasteiger partial charge is 0.0251 e. The fourth-order valence-corrected chi connectivity index (χ4v) is 4.10. The molecule has 0 aromatic heterocycles. The van der Waals surface area contributed by atoms with Gasteiger partial charge in [-0.05, 0) is 63.6 Å². The van der Waals surface area contributed by atoms with Crippen LogP contribution < -0.4 is 5.32 Å². The van der Waals surface area contributed by atoms with E-state index in [4.69, 9.17) is 0 Å². The molecule has 1 saturated carbocycles. The van der Waals surface area contributed by atoms with Crippen LogP contribution in [0.4, 0.5) is 0 Å². The molecule has 1 aliphatic heterocycles. The zero-order chi connectivity index (χ0) is 13.9.